The normalized spacial score (nSPS) is 15.7. The van der Waals surface area contributed by atoms with E-state index in [9.17, 15) is 0 Å². The van der Waals surface area contributed by atoms with E-state index in [1.54, 1.807) is 13.4 Å². The van der Waals surface area contributed by atoms with Crippen molar-refractivity contribution in [2.75, 3.05) is 19.1 Å². The smallest absolute Gasteiger partial charge is 0.169 e. The Bertz CT molecular complexity index is 1220. The first kappa shape index (κ1) is 17.9. The number of methoxy groups -OCH3 is 1. The number of halogens is 1. The highest BCUT2D eigenvalue weighted by Crippen LogP contribution is 2.41. The number of ether oxygens (including phenoxy) is 1. The zero-order chi connectivity index (χ0) is 20.1. The first-order valence-electron chi connectivity index (χ1n) is 9.47. The fourth-order valence-electron chi connectivity index (χ4n) is 4.05. The highest BCUT2D eigenvalue weighted by atomic mass is 35.5. The van der Waals surface area contributed by atoms with Gasteiger partial charge in [0.05, 0.1) is 7.11 Å². The summed E-state index contributed by atoms with van der Waals surface area (Å²) in [5.41, 5.74) is 5.24. The molecule has 0 spiro atoms. The van der Waals surface area contributed by atoms with Gasteiger partial charge in [-0.25, -0.2) is 4.98 Å². The van der Waals surface area contributed by atoms with Crippen LogP contribution in [0.3, 0.4) is 0 Å². The van der Waals surface area contributed by atoms with Crippen LogP contribution < -0.4 is 9.64 Å². The van der Waals surface area contributed by atoms with Crippen molar-refractivity contribution in [1.82, 2.24) is 19.6 Å². The molecular weight excluding hydrogens is 386 g/mol. The summed E-state index contributed by atoms with van der Waals surface area (Å²) < 4.78 is 7.40. The van der Waals surface area contributed by atoms with Crippen LogP contribution in [-0.4, -0.2) is 33.7 Å². The molecule has 7 heteroatoms. The molecule has 6 nitrogen and oxygen atoms in total. The van der Waals surface area contributed by atoms with Crippen molar-refractivity contribution in [3.63, 3.8) is 0 Å². The summed E-state index contributed by atoms with van der Waals surface area (Å²) in [6.07, 6.45) is 2.61. The highest BCUT2D eigenvalue weighted by Gasteiger charge is 2.27. The number of hydrogen-bond donors (Lipinski definition) is 0. The first-order valence-corrected chi connectivity index (χ1v) is 9.85. The van der Waals surface area contributed by atoms with Gasteiger partial charge >= 0.3 is 0 Å². The number of hydrogen-bond acceptors (Lipinski definition) is 5. The standard InChI is InChI=1S/C22H20ClN5O/c1-13-10-18-21(27(2)19-9-8-16(29-3)11-17(13)19)24-12-28-20(25-26-22(18)28)14-4-6-15(23)7-5-14/h4-9,11-13H,10H2,1-3H3. The molecule has 0 saturated carbocycles. The Morgan fingerprint density at radius 3 is 2.66 bits per heavy atom. The Kier molecular flexibility index (Phi) is 4.17. The molecule has 3 heterocycles. The molecule has 146 valence electrons. The van der Waals surface area contributed by atoms with E-state index in [2.05, 4.69) is 34.2 Å². The molecule has 0 N–H and O–H groups in total. The third kappa shape index (κ3) is 2.83. The predicted molar refractivity (Wildman–Crippen MR) is 114 cm³/mol. The van der Waals surface area contributed by atoms with Crippen molar-refractivity contribution in [3.05, 3.63) is 64.9 Å². The molecule has 5 rings (SSSR count). The first-order chi connectivity index (χ1) is 14.1. The second-order valence-electron chi connectivity index (χ2n) is 7.36. The Labute approximate surface area is 173 Å². The highest BCUT2D eigenvalue weighted by molar-refractivity contribution is 6.30. The van der Waals surface area contributed by atoms with Gasteiger partial charge in [0.15, 0.2) is 11.5 Å². The zero-order valence-corrected chi connectivity index (χ0v) is 17.2. The molecule has 0 amide bonds. The van der Waals surface area contributed by atoms with E-state index in [0.29, 0.717) is 5.02 Å². The number of anilines is 2. The van der Waals surface area contributed by atoms with Gasteiger partial charge in [0.25, 0.3) is 0 Å². The summed E-state index contributed by atoms with van der Waals surface area (Å²) in [5.74, 6) is 2.81. The van der Waals surface area contributed by atoms with Crippen LogP contribution in [0.15, 0.2) is 48.8 Å². The summed E-state index contributed by atoms with van der Waals surface area (Å²) in [6, 6.07) is 13.8. The van der Waals surface area contributed by atoms with Crippen LogP contribution in [0.25, 0.3) is 17.0 Å². The minimum Gasteiger partial charge on any atom is -0.497 e. The summed E-state index contributed by atoms with van der Waals surface area (Å²) in [5, 5.41) is 9.67. The fraction of sp³-hybridized carbons (Fsp3) is 0.227. The van der Waals surface area contributed by atoms with Gasteiger partial charge in [0, 0.05) is 28.9 Å². The minimum atomic E-state index is 0.285. The molecule has 1 atom stereocenters. The van der Waals surface area contributed by atoms with Crippen LogP contribution in [0, 0.1) is 0 Å². The average molecular weight is 406 g/mol. The van der Waals surface area contributed by atoms with Gasteiger partial charge in [-0.05, 0) is 60.4 Å². The summed E-state index contributed by atoms with van der Waals surface area (Å²) >= 11 is 6.03. The summed E-state index contributed by atoms with van der Waals surface area (Å²) in [4.78, 5) is 6.92. The lowest BCUT2D eigenvalue weighted by Gasteiger charge is -2.21. The summed E-state index contributed by atoms with van der Waals surface area (Å²) in [6.45, 7) is 2.22. The maximum absolute atomic E-state index is 6.03. The second-order valence-corrected chi connectivity index (χ2v) is 7.80. The van der Waals surface area contributed by atoms with Crippen molar-refractivity contribution < 1.29 is 4.74 Å². The van der Waals surface area contributed by atoms with Crippen LogP contribution in [0.4, 0.5) is 11.5 Å². The quantitative estimate of drug-likeness (QED) is 0.475. The van der Waals surface area contributed by atoms with Gasteiger partial charge in [-0.3, -0.25) is 4.40 Å². The van der Waals surface area contributed by atoms with E-state index in [0.717, 1.165) is 46.3 Å². The van der Waals surface area contributed by atoms with Gasteiger partial charge in [0.1, 0.15) is 17.9 Å². The number of benzene rings is 2. The third-order valence-electron chi connectivity index (χ3n) is 5.59. The zero-order valence-electron chi connectivity index (χ0n) is 16.4. The third-order valence-corrected chi connectivity index (χ3v) is 5.84. The monoisotopic (exact) mass is 405 g/mol. The molecule has 1 aliphatic rings. The SMILES string of the molecule is COc1ccc2c(c1)C(C)Cc1c(ncn3c(-c4ccc(Cl)cc4)nnc13)N2C. The molecule has 0 bridgehead atoms. The van der Waals surface area contributed by atoms with Crippen LogP contribution in [0.5, 0.6) is 5.75 Å². The van der Waals surface area contributed by atoms with Gasteiger partial charge in [0.2, 0.25) is 0 Å². The molecule has 0 radical (unpaired) electrons. The Morgan fingerprint density at radius 1 is 1.10 bits per heavy atom. The van der Waals surface area contributed by atoms with Crippen LogP contribution in [0.1, 0.15) is 24.0 Å². The number of rotatable bonds is 2. The van der Waals surface area contributed by atoms with Gasteiger partial charge in [-0.1, -0.05) is 18.5 Å². The molecule has 0 aliphatic carbocycles. The van der Waals surface area contributed by atoms with Crippen molar-refractivity contribution in [1.29, 1.82) is 0 Å². The Balaban J connectivity index is 1.67. The van der Waals surface area contributed by atoms with Crippen molar-refractivity contribution in [2.24, 2.45) is 0 Å². The van der Waals surface area contributed by atoms with E-state index in [1.807, 2.05) is 41.8 Å². The lowest BCUT2D eigenvalue weighted by atomic mass is 9.94. The lowest BCUT2D eigenvalue weighted by Crippen LogP contribution is -2.14. The predicted octanol–water partition coefficient (Wildman–Crippen LogP) is 4.88. The number of nitrogens with zero attached hydrogens (tertiary/aromatic N) is 5. The van der Waals surface area contributed by atoms with E-state index >= 15 is 0 Å². The van der Waals surface area contributed by atoms with Crippen LogP contribution >= 0.6 is 11.6 Å². The maximum Gasteiger partial charge on any atom is 0.169 e. The van der Waals surface area contributed by atoms with Crippen LogP contribution in [0.2, 0.25) is 5.02 Å². The van der Waals surface area contributed by atoms with Crippen molar-refractivity contribution in [2.45, 2.75) is 19.3 Å². The van der Waals surface area contributed by atoms with E-state index in [-0.39, 0.29) is 5.92 Å². The van der Waals surface area contributed by atoms with Gasteiger partial charge in [-0.2, -0.15) is 0 Å². The summed E-state index contributed by atoms with van der Waals surface area (Å²) in [7, 11) is 3.74. The molecule has 1 aliphatic heterocycles. The molecule has 2 aromatic heterocycles. The van der Waals surface area contributed by atoms with E-state index in [1.165, 1.54) is 5.56 Å². The largest absolute Gasteiger partial charge is 0.497 e. The minimum absolute atomic E-state index is 0.285. The Morgan fingerprint density at radius 2 is 1.90 bits per heavy atom. The van der Waals surface area contributed by atoms with Gasteiger partial charge < -0.3 is 9.64 Å². The van der Waals surface area contributed by atoms with Crippen LogP contribution in [-0.2, 0) is 6.42 Å². The van der Waals surface area contributed by atoms with Crippen molar-refractivity contribution in [3.8, 4) is 17.1 Å². The molecular formula is C22H20ClN5O. The maximum atomic E-state index is 6.03. The molecule has 0 saturated heterocycles. The molecule has 2 aromatic carbocycles. The average Bonchev–Trinajstić information content (AvgIpc) is 3.14. The fourth-order valence-corrected chi connectivity index (χ4v) is 4.18. The number of fused-ring (bicyclic) bond motifs is 4. The number of aromatic nitrogens is 4. The molecule has 0 fully saturated rings. The molecule has 1 unspecified atom stereocenters. The van der Waals surface area contributed by atoms with Crippen molar-refractivity contribution >= 4 is 28.8 Å². The second kappa shape index (κ2) is 6.74. The van der Waals surface area contributed by atoms with E-state index in [4.69, 9.17) is 21.3 Å². The topological polar surface area (TPSA) is 55.6 Å². The van der Waals surface area contributed by atoms with E-state index < -0.39 is 0 Å². The lowest BCUT2D eigenvalue weighted by molar-refractivity contribution is 0.414. The van der Waals surface area contributed by atoms with Gasteiger partial charge in [-0.15, -0.1) is 10.2 Å². The molecule has 29 heavy (non-hydrogen) atoms. The Hall–Kier alpha value is -3.12. The molecule has 4 aromatic rings.